The average Bonchev–Trinajstić information content (AvgIpc) is 2.39. The van der Waals surface area contributed by atoms with Crippen LogP contribution in [-0.4, -0.2) is 17.1 Å². The second-order valence-electron chi connectivity index (χ2n) is 4.75. The molecule has 4 nitrogen and oxygen atoms in total. The Morgan fingerprint density at radius 3 is 2.84 bits per heavy atom. The van der Waals surface area contributed by atoms with E-state index in [1.54, 1.807) is 18.2 Å². The fourth-order valence-corrected chi connectivity index (χ4v) is 2.77. The number of benzene rings is 1. The monoisotopic (exact) mass is 278 g/mol. The van der Waals surface area contributed by atoms with Gasteiger partial charge in [-0.15, -0.1) is 0 Å². The zero-order valence-corrected chi connectivity index (χ0v) is 11.2. The first kappa shape index (κ1) is 13.7. The number of nitriles is 1. The van der Waals surface area contributed by atoms with Gasteiger partial charge in [-0.1, -0.05) is 30.5 Å². The Morgan fingerprint density at radius 1 is 1.42 bits per heavy atom. The maximum absolute atomic E-state index is 11.2. The molecule has 1 aromatic rings. The SMILES string of the molecule is N#Cc1c(Cl)cccc1NC1CCCCC1C(=O)O. The van der Waals surface area contributed by atoms with Gasteiger partial charge < -0.3 is 10.4 Å². The molecule has 2 atom stereocenters. The van der Waals surface area contributed by atoms with E-state index in [2.05, 4.69) is 11.4 Å². The van der Waals surface area contributed by atoms with E-state index in [1.807, 2.05) is 0 Å². The summed E-state index contributed by atoms with van der Waals surface area (Å²) < 4.78 is 0. The highest BCUT2D eigenvalue weighted by Gasteiger charge is 2.31. The number of rotatable bonds is 3. The molecule has 2 unspecified atom stereocenters. The first-order valence-corrected chi connectivity index (χ1v) is 6.69. The van der Waals surface area contributed by atoms with E-state index in [0.29, 0.717) is 22.7 Å². The van der Waals surface area contributed by atoms with Crippen molar-refractivity contribution in [1.29, 1.82) is 5.26 Å². The van der Waals surface area contributed by atoms with Crippen LogP contribution < -0.4 is 5.32 Å². The molecule has 100 valence electrons. The van der Waals surface area contributed by atoms with Gasteiger partial charge in [0.2, 0.25) is 0 Å². The Morgan fingerprint density at radius 2 is 2.16 bits per heavy atom. The fraction of sp³-hybridized carbons (Fsp3) is 0.429. The number of hydrogen-bond acceptors (Lipinski definition) is 3. The van der Waals surface area contributed by atoms with Crippen LogP contribution in [0.4, 0.5) is 5.69 Å². The summed E-state index contributed by atoms with van der Waals surface area (Å²) in [5.41, 5.74) is 0.993. The van der Waals surface area contributed by atoms with E-state index in [-0.39, 0.29) is 6.04 Å². The molecule has 0 bridgehead atoms. The number of carboxylic acids is 1. The van der Waals surface area contributed by atoms with Crippen LogP contribution >= 0.6 is 11.6 Å². The summed E-state index contributed by atoms with van der Waals surface area (Å²) in [5, 5.41) is 21.9. The van der Waals surface area contributed by atoms with Gasteiger partial charge in [-0.05, 0) is 25.0 Å². The first-order chi connectivity index (χ1) is 9.13. The molecule has 0 saturated heterocycles. The van der Waals surface area contributed by atoms with Crippen molar-refractivity contribution < 1.29 is 9.90 Å². The second-order valence-corrected chi connectivity index (χ2v) is 5.16. The molecular formula is C14H15ClN2O2. The minimum absolute atomic E-state index is 0.142. The van der Waals surface area contributed by atoms with Crippen LogP contribution in [0.3, 0.4) is 0 Å². The molecule has 1 saturated carbocycles. The van der Waals surface area contributed by atoms with Crippen molar-refractivity contribution in [3.8, 4) is 6.07 Å². The van der Waals surface area contributed by atoms with E-state index in [1.165, 1.54) is 0 Å². The number of nitrogens with zero attached hydrogens (tertiary/aromatic N) is 1. The highest BCUT2D eigenvalue weighted by atomic mass is 35.5. The molecular weight excluding hydrogens is 264 g/mol. The maximum atomic E-state index is 11.2. The number of aliphatic carboxylic acids is 1. The Labute approximate surface area is 117 Å². The van der Waals surface area contributed by atoms with Gasteiger partial charge in [0.15, 0.2) is 0 Å². The van der Waals surface area contributed by atoms with Gasteiger partial charge in [-0.2, -0.15) is 5.26 Å². The van der Waals surface area contributed by atoms with Crippen LogP contribution in [0.1, 0.15) is 31.2 Å². The van der Waals surface area contributed by atoms with Crippen molar-refractivity contribution in [2.24, 2.45) is 5.92 Å². The largest absolute Gasteiger partial charge is 0.481 e. The molecule has 5 heteroatoms. The minimum atomic E-state index is -0.780. The van der Waals surface area contributed by atoms with E-state index < -0.39 is 11.9 Å². The molecule has 1 aliphatic carbocycles. The summed E-state index contributed by atoms with van der Waals surface area (Å²) in [5.74, 6) is -1.18. The number of anilines is 1. The minimum Gasteiger partial charge on any atom is -0.481 e. The van der Waals surface area contributed by atoms with E-state index in [4.69, 9.17) is 16.9 Å². The topological polar surface area (TPSA) is 73.1 Å². The van der Waals surface area contributed by atoms with Crippen LogP contribution in [0.2, 0.25) is 5.02 Å². The Bertz CT molecular complexity index is 525. The van der Waals surface area contributed by atoms with Gasteiger partial charge in [-0.25, -0.2) is 0 Å². The summed E-state index contributed by atoms with van der Waals surface area (Å²) in [7, 11) is 0. The number of halogens is 1. The second kappa shape index (κ2) is 5.94. The molecule has 1 aromatic carbocycles. The van der Waals surface area contributed by atoms with Gasteiger partial charge in [0.1, 0.15) is 6.07 Å². The molecule has 1 fully saturated rings. The van der Waals surface area contributed by atoms with Crippen molar-refractivity contribution in [2.45, 2.75) is 31.7 Å². The smallest absolute Gasteiger partial charge is 0.308 e. The van der Waals surface area contributed by atoms with Crippen molar-refractivity contribution in [1.82, 2.24) is 0 Å². The zero-order valence-electron chi connectivity index (χ0n) is 10.4. The summed E-state index contributed by atoms with van der Waals surface area (Å²) >= 11 is 5.97. The summed E-state index contributed by atoms with van der Waals surface area (Å²) in [4.78, 5) is 11.2. The number of carboxylic acid groups (broad SMARTS) is 1. The molecule has 0 radical (unpaired) electrons. The van der Waals surface area contributed by atoms with Crippen molar-refractivity contribution in [3.05, 3.63) is 28.8 Å². The normalized spacial score (nSPS) is 22.5. The molecule has 0 amide bonds. The molecule has 0 spiro atoms. The highest BCUT2D eigenvalue weighted by Crippen LogP contribution is 2.30. The van der Waals surface area contributed by atoms with Crippen LogP contribution in [0.15, 0.2) is 18.2 Å². The summed E-state index contributed by atoms with van der Waals surface area (Å²) in [6.07, 6.45) is 3.42. The van der Waals surface area contributed by atoms with Gasteiger partial charge in [0, 0.05) is 6.04 Å². The van der Waals surface area contributed by atoms with Crippen LogP contribution in [0, 0.1) is 17.2 Å². The lowest BCUT2D eigenvalue weighted by molar-refractivity contribution is -0.143. The van der Waals surface area contributed by atoms with Gasteiger partial charge in [0.25, 0.3) is 0 Å². The van der Waals surface area contributed by atoms with Crippen molar-refractivity contribution in [2.75, 3.05) is 5.32 Å². The molecule has 0 aromatic heterocycles. The third-order valence-electron chi connectivity index (χ3n) is 3.55. The molecule has 1 aliphatic rings. The van der Waals surface area contributed by atoms with Gasteiger partial charge in [0.05, 0.1) is 22.2 Å². The maximum Gasteiger partial charge on any atom is 0.308 e. The molecule has 19 heavy (non-hydrogen) atoms. The van der Waals surface area contributed by atoms with Crippen molar-refractivity contribution in [3.63, 3.8) is 0 Å². The van der Waals surface area contributed by atoms with Crippen LogP contribution in [-0.2, 0) is 4.79 Å². The van der Waals surface area contributed by atoms with Gasteiger partial charge >= 0.3 is 5.97 Å². The first-order valence-electron chi connectivity index (χ1n) is 6.31. The predicted octanol–water partition coefficient (Wildman–Crippen LogP) is 3.27. The lowest BCUT2D eigenvalue weighted by Gasteiger charge is -2.30. The lowest BCUT2D eigenvalue weighted by Crippen LogP contribution is -2.37. The van der Waals surface area contributed by atoms with Crippen molar-refractivity contribution >= 4 is 23.3 Å². The average molecular weight is 279 g/mol. The van der Waals surface area contributed by atoms with E-state index >= 15 is 0 Å². The van der Waals surface area contributed by atoms with E-state index in [9.17, 15) is 9.90 Å². The molecule has 0 aliphatic heterocycles. The zero-order chi connectivity index (χ0) is 13.8. The summed E-state index contributed by atoms with van der Waals surface area (Å²) in [6, 6.07) is 7.08. The quantitative estimate of drug-likeness (QED) is 0.890. The van der Waals surface area contributed by atoms with Crippen LogP contribution in [0.25, 0.3) is 0 Å². The number of nitrogens with one attached hydrogen (secondary N) is 1. The molecule has 2 rings (SSSR count). The Hall–Kier alpha value is -1.73. The number of carbonyl (C=O) groups is 1. The Kier molecular flexibility index (Phi) is 4.28. The lowest BCUT2D eigenvalue weighted by atomic mass is 9.84. The third-order valence-corrected chi connectivity index (χ3v) is 3.86. The predicted molar refractivity (Wildman–Crippen MR) is 73.2 cm³/mol. The fourth-order valence-electron chi connectivity index (χ4n) is 2.56. The Balaban J connectivity index is 2.22. The highest BCUT2D eigenvalue weighted by molar-refractivity contribution is 6.32. The standard InChI is InChI=1S/C14H15ClN2O2/c15-11-5-3-7-13(10(11)8-16)17-12-6-2-1-4-9(12)14(18)19/h3,5,7,9,12,17H,1-2,4,6H2,(H,18,19). The third kappa shape index (κ3) is 2.99. The van der Waals surface area contributed by atoms with E-state index in [0.717, 1.165) is 19.3 Å². The molecule has 0 heterocycles. The van der Waals surface area contributed by atoms with Gasteiger partial charge in [-0.3, -0.25) is 4.79 Å². The molecule has 2 N–H and O–H groups in total. The number of hydrogen-bond donors (Lipinski definition) is 2. The summed E-state index contributed by atoms with van der Waals surface area (Å²) in [6.45, 7) is 0. The van der Waals surface area contributed by atoms with Crippen LogP contribution in [0.5, 0.6) is 0 Å².